The van der Waals surface area contributed by atoms with Gasteiger partial charge in [0.25, 0.3) is 0 Å². The molecule has 3 aromatic rings. The Morgan fingerprint density at radius 1 is 0.885 bits per heavy atom. The van der Waals surface area contributed by atoms with Crippen molar-refractivity contribution in [2.45, 2.75) is 27.7 Å². The van der Waals surface area contributed by atoms with E-state index in [-0.39, 0.29) is 11.8 Å². The van der Waals surface area contributed by atoms with Crippen molar-refractivity contribution in [1.29, 1.82) is 0 Å². The van der Waals surface area contributed by atoms with Gasteiger partial charge in [-0.05, 0) is 12.1 Å². The topological polar surface area (TPSA) is 90.5 Å². The lowest BCUT2D eigenvalue weighted by atomic mass is 10.3. The van der Waals surface area contributed by atoms with Crippen LogP contribution in [-0.4, -0.2) is 34.9 Å². The van der Waals surface area contributed by atoms with Crippen LogP contribution in [0, 0.1) is 0 Å². The van der Waals surface area contributed by atoms with Crippen molar-refractivity contribution in [1.82, 2.24) is 20.8 Å². The number of hydrogen-bond donors (Lipinski definition) is 2. The summed E-state index contributed by atoms with van der Waals surface area (Å²) in [5, 5.41) is 4.12. The number of rotatable bonds is 6. The van der Waals surface area contributed by atoms with Crippen LogP contribution in [0.25, 0.3) is 20.4 Å². The number of nitrogens with zero attached hydrogens (tertiary/aromatic N) is 4. The molecule has 138 valence electrons. The Hall–Kier alpha value is -2.14. The highest BCUT2D eigenvalue weighted by atomic mass is 32.1. The maximum atomic E-state index is 11.8. The summed E-state index contributed by atoms with van der Waals surface area (Å²) in [6, 6.07) is 3.89. The number of carbonyl (C=O) groups excluding carboxylic acids is 2. The van der Waals surface area contributed by atoms with Gasteiger partial charge >= 0.3 is 0 Å². The van der Waals surface area contributed by atoms with Gasteiger partial charge in [-0.2, -0.15) is 0 Å². The second kappa shape index (κ2) is 7.62. The van der Waals surface area contributed by atoms with E-state index in [0.29, 0.717) is 23.4 Å². The molecule has 0 spiro atoms. The fourth-order valence-corrected chi connectivity index (χ4v) is 4.56. The Balaban J connectivity index is 2.02. The van der Waals surface area contributed by atoms with E-state index in [1.54, 1.807) is 0 Å². The Morgan fingerprint density at radius 3 is 1.65 bits per heavy atom. The van der Waals surface area contributed by atoms with Gasteiger partial charge in [0, 0.05) is 26.9 Å². The molecule has 0 unspecified atom stereocenters. The van der Waals surface area contributed by atoms with E-state index in [0.717, 1.165) is 20.4 Å². The van der Waals surface area contributed by atoms with Crippen LogP contribution < -0.4 is 20.9 Å². The van der Waals surface area contributed by atoms with Crippen LogP contribution in [0.1, 0.15) is 27.7 Å². The zero-order chi connectivity index (χ0) is 18.8. The average Bonchev–Trinajstić information content (AvgIpc) is 3.16. The number of aromatic nitrogens is 2. The highest BCUT2D eigenvalue weighted by Crippen LogP contribution is 2.35. The molecule has 0 saturated heterocycles. The molecule has 2 aromatic heterocycles. The molecule has 0 radical (unpaired) electrons. The molecular formula is C16H20N6O2S2. The minimum absolute atomic E-state index is 0.115. The summed E-state index contributed by atoms with van der Waals surface area (Å²) in [6.45, 7) is 8.10. The van der Waals surface area contributed by atoms with E-state index in [9.17, 15) is 9.59 Å². The summed E-state index contributed by atoms with van der Waals surface area (Å²) >= 11 is 2.87. The minimum atomic E-state index is -0.115. The van der Waals surface area contributed by atoms with Crippen molar-refractivity contribution in [3.63, 3.8) is 0 Å². The fourth-order valence-electron chi connectivity index (χ4n) is 2.46. The molecule has 0 fully saturated rings. The lowest BCUT2D eigenvalue weighted by Crippen LogP contribution is -2.41. The summed E-state index contributed by atoms with van der Waals surface area (Å²) in [5.41, 5.74) is 7.57. The Kier molecular flexibility index (Phi) is 5.47. The van der Waals surface area contributed by atoms with Crippen LogP contribution >= 0.6 is 22.7 Å². The highest BCUT2D eigenvalue weighted by molar-refractivity contribution is 7.24. The summed E-state index contributed by atoms with van der Waals surface area (Å²) in [7, 11) is 0. The third-order valence-electron chi connectivity index (χ3n) is 3.52. The molecule has 0 aliphatic carbocycles. The van der Waals surface area contributed by atoms with Crippen LogP contribution in [0.5, 0.6) is 0 Å². The molecule has 3 rings (SSSR count). The third-order valence-corrected chi connectivity index (χ3v) is 5.53. The zero-order valence-corrected chi connectivity index (χ0v) is 16.6. The Bertz CT molecular complexity index is 842. The van der Waals surface area contributed by atoms with Gasteiger partial charge < -0.3 is 0 Å². The maximum Gasteiger partial charge on any atom is 0.240 e. The van der Waals surface area contributed by atoms with Crippen LogP contribution in [0.4, 0.5) is 10.3 Å². The third kappa shape index (κ3) is 3.54. The molecular weight excluding hydrogens is 372 g/mol. The number of thiazole rings is 2. The first-order chi connectivity index (χ1) is 12.4. The van der Waals surface area contributed by atoms with Gasteiger partial charge in [-0.3, -0.25) is 9.59 Å². The summed E-state index contributed by atoms with van der Waals surface area (Å²) < 4.78 is 1.93. The average molecular weight is 393 g/mol. The van der Waals surface area contributed by atoms with Gasteiger partial charge in [0.05, 0.1) is 20.4 Å². The summed E-state index contributed by atoms with van der Waals surface area (Å²) in [5.74, 6) is -0.230. The van der Waals surface area contributed by atoms with Crippen LogP contribution in [0.2, 0.25) is 0 Å². The highest BCUT2D eigenvalue weighted by Gasteiger charge is 2.19. The number of hydrazine groups is 2. The standard InChI is InChI=1S/C16H20N6O2S2/c1-5-17-21(9(3)23)15-19-11-7-12-14(8-13(11)25-15)26-16(20-12)22(10(4)24)18-6-2/h7-8,17-18H,5-6H2,1-4H3. The van der Waals surface area contributed by atoms with E-state index in [4.69, 9.17) is 0 Å². The van der Waals surface area contributed by atoms with Crippen molar-refractivity contribution < 1.29 is 9.59 Å². The van der Waals surface area contributed by atoms with E-state index in [2.05, 4.69) is 20.8 Å². The molecule has 8 nitrogen and oxygen atoms in total. The van der Waals surface area contributed by atoms with Gasteiger partial charge in [-0.15, -0.1) is 0 Å². The molecule has 0 bridgehead atoms. The molecule has 1 aromatic carbocycles. The van der Waals surface area contributed by atoms with Crippen molar-refractivity contribution in [3.8, 4) is 0 Å². The van der Waals surface area contributed by atoms with E-state index >= 15 is 0 Å². The van der Waals surface area contributed by atoms with Crippen LogP contribution in [0.15, 0.2) is 12.1 Å². The molecule has 0 aliphatic heterocycles. The number of amides is 2. The first kappa shape index (κ1) is 18.6. The number of carbonyl (C=O) groups is 2. The monoisotopic (exact) mass is 392 g/mol. The number of nitrogens with one attached hydrogen (secondary N) is 2. The molecule has 10 heteroatoms. The van der Waals surface area contributed by atoms with Crippen LogP contribution in [0.3, 0.4) is 0 Å². The molecule has 2 amide bonds. The second-order valence-corrected chi connectivity index (χ2v) is 7.53. The predicted molar refractivity (Wildman–Crippen MR) is 106 cm³/mol. The van der Waals surface area contributed by atoms with Gasteiger partial charge in [-0.25, -0.2) is 30.8 Å². The number of hydrogen-bond acceptors (Lipinski definition) is 8. The first-order valence-corrected chi connectivity index (χ1v) is 9.87. The zero-order valence-electron chi connectivity index (χ0n) is 15.0. The smallest absolute Gasteiger partial charge is 0.240 e. The lowest BCUT2D eigenvalue weighted by molar-refractivity contribution is -0.118. The largest absolute Gasteiger partial charge is 0.273 e. The minimum Gasteiger partial charge on any atom is -0.273 e. The van der Waals surface area contributed by atoms with Gasteiger partial charge in [0.15, 0.2) is 0 Å². The molecule has 26 heavy (non-hydrogen) atoms. The van der Waals surface area contributed by atoms with E-state index in [1.807, 2.05) is 26.0 Å². The molecule has 2 N–H and O–H groups in total. The van der Waals surface area contributed by atoms with Crippen molar-refractivity contribution >= 4 is 65.2 Å². The molecule has 0 saturated carbocycles. The van der Waals surface area contributed by atoms with Crippen molar-refractivity contribution in [2.24, 2.45) is 0 Å². The first-order valence-electron chi connectivity index (χ1n) is 8.24. The molecule has 0 aliphatic rings. The number of fused-ring (bicyclic) bond motifs is 2. The quantitative estimate of drug-likeness (QED) is 0.627. The van der Waals surface area contributed by atoms with Crippen LogP contribution in [-0.2, 0) is 9.59 Å². The normalized spacial score (nSPS) is 11.2. The van der Waals surface area contributed by atoms with E-state index < -0.39 is 0 Å². The van der Waals surface area contributed by atoms with Gasteiger partial charge in [-0.1, -0.05) is 36.5 Å². The summed E-state index contributed by atoms with van der Waals surface area (Å²) in [6.07, 6.45) is 0. The Morgan fingerprint density at radius 2 is 1.31 bits per heavy atom. The second-order valence-electron chi connectivity index (χ2n) is 5.51. The number of benzene rings is 1. The van der Waals surface area contributed by atoms with Crippen molar-refractivity contribution in [2.75, 3.05) is 23.1 Å². The fraction of sp³-hybridized carbons (Fsp3) is 0.375. The maximum absolute atomic E-state index is 11.8. The van der Waals surface area contributed by atoms with Crippen molar-refractivity contribution in [3.05, 3.63) is 12.1 Å². The molecule has 2 heterocycles. The summed E-state index contributed by atoms with van der Waals surface area (Å²) in [4.78, 5) is 32.7. The predicted octanol–water partition coefficient (Wildman–Crippen LogP) is 2.66. The molecule has 0 atom stereocenters. The lowest BCUT2D eigenvalue weighted by Gasteiger charge is -2.17. The number of anilines is 2. The van der Waals surface area contributed by atoms with E-state index in [1.165, 1.54) is 46.5 Å². The van der Waals surface area contributed by atoms with Gasteiger partial charge in [0.2, 0.25) is 22.1 Å². The SMILES string of the molecule is CCNN(C(C)=O)c1nc2cc3nc(N(NCC)C(C)=O)sc3cc2s1. The Labute approximate surface area is 158 Å². The van der Waals surface area contributed by atoms with Gasteiger partial charge in [0.1, 0.15) is 0 Å².